The molecule has 0 fully saturated rings. The molecule has 0 saturated heterocycles. The Morgan fingerprint density at radius 3 is 2.46 bits per heavy atom. The quantitative estimate of drug-likeness (QED) is 0.296. The predicted octanol–water partition coefficient (Wildman–Crippen LogP) is 4.70. The lowest BCUT2D eigenvalue weighted by atomic mass is 9.98. The maximum Gasteiger partial charge on any atom is 0.262 e. The number of aryl methyl sites for hydroxylation is 1. The lowest BCUT2D eigenvalue weighted by molar-refractivity contribution is 0.131. The van der Waals surface area contributed by atoms with Gasteiger partial charge < -0.3 is 24.3 Å². The number of hydrogen-bond acceptors (Lipinski definition) is 8. The minimum absolute atomic E-state index is 0.0739. The molecule has 2 heterocycles. The average molecular weight is 518 g/mol. The van der Waals surface area contributed by atoms with Crippen molar-refractivity contribution in [3.05, 3.63) is 68.9 Å². The third-order valence-corrected chi connectivity index (χ3v) is 6.49. The van der Waals surface area contributed by atoms with Crippen molar-refractivity contribution >= 4 is 28.4 Å². The van der Waals surface area contributed by atoms with Gasteiger partial charge in [-0.1, -0.05) is 17.7 Å². The van der Waals surface area contributed by atoms with Gasteiger partial charge in [0.1, 0.15) is 27.9 Å². The van der Waals surface area contributed by atoms with Gasteiger partial charge in [0, 0.05) is 31.3 Å². The first-order valence-corrected chi connectivity index (χ1v) is 12.3. The first-order valence-electron chi connectivity index (χ1n) is 10.9. The van der Waals surface area contributed by atoms with Gasteiger partial charge in [-0.15, -0.1) is 11.8 Å². The van der Waals surface area contributed by atoms with Crippen LogP contribution in [-0.2, 0) is 17.8 Å². The molecule has 0 radical (unpaired) electrons. The van der Waals surface area contributed by atoms with E-state index in [-0.39, 0.29) is 17.9 Å². The Bertz CT molecular complexity index is 1220. The molecule has 3 aromatic rings. The Labute approximate surface area is 213 Å². The smallest absolute Gasteiger partial charge is 0.262 e. The fraction of sp³-hybridized carbons (Fsp3) is 0.320. The van der Waals surface area contributed by atoms with Crippen LogP contribution in [0.2, 0.25) is 5.02 Å². The van der Waals surface area contributed by atoms with Crippen molar-refractivity contribution in [3.63, 3.8) is 0 Å². The molecule has 0 aliphatic rings. The molecule has 2 aromatic heterocycles. The second kappa shape index (κ2) is 12.6. The van der Waals surface area contributed by atoms with Crippen molar-refractivity contribution in [2.24, 2.45) is 4.99 Å². The summed E-state index contributed by atoms with van der Waals surface area (Å²) in [5.41, 5.74) is 1.75. The van der Waals surface area contributed by atoms with Crippen LogP contribution in [0, 0.1) is 0 Å². The fourth-order valence-electron chi connectivity index (χ4n) is 3.57. The maximum absolute atomic E-state index is 13.1. The average Bonchev–Trinajstić information content (AvgIpc) is 2.87. The van der Waals surface area contributed by atoms with Crippen LogP contribution in [0.4, 0.5) is 0 Å². The van der Waals surface area contributed by atoms with Crippen molar-refractivity contribution in [1.29, 1.82) is 0 Å². The number of nitrogens with one attached hydrogen (secondary N) is 1. The number of halogens is 1. The molecule has 10 heteroatoms. The second-order valence-electron chi connectivity index (χ2n) is 7.30. The Hall–Kier alpha value is -3.01. The first-order chi connectivity index (χ1) is 16.9. The van der Waals surface area contributed by atoms with Gasteiger partial charge in [-0.2, -0.15) is 0 Å². The van der Waals surface area contributed by atoms with Gasteiger partial charge in [0.05, 0.1) is 42.7 Å². The zero-order valence-corrected chi connectivity index (χ0v) is 21.6. The van der Waals surface area contributed by atoms with E-state index in [1.807, 2.05) is 13.0 Å². The number of thioether (sulfide) groups is 1. The summed E-state index contributed by atoms with van der Waals surface area (Å²) in [6.45, 7) is 2.37. The number of aromatic hydroxyl groups is 1. The molecule has 0 saturated carbocycles. The SMILES string of the molecule is CCOCc1[nH]c(=O)c(C(=NC)SCCc2ccc(Cl)cn2)c(O)c1-c1c(OC)cccc1OC. The van der Waals surface area contributed by atoms with E-state index in [0.717, 1.165) is 5.69 Å². The molecule has 0 unspecified atom stereocenters. The molecule has 0 spiro atoms. The summed E-state index contributed by atoms with van der Waals surface area (Å²) in [6, 6.07) is 8.94. The number of nitrogens with zero attached hydrogens (tertiary/aromatic N) is 2. The first kappa shape index (κ1) is 26.6. The van der Waals surface area contributed by atoms with Gasteiger partial charge in [-0.05, 0) is 37.6 Å². The summed E-state index contributed by atoms with van der Waals surface area (Å²) in [5, 5.41) is 12.5. The number of benzene rings is 1. The molecular formula is C25H28ClN3O5S. The number of H-pyrrole nitrogens is 1. The number of aliphatic imine (C=N–C) groups is 1. The highest BCUT2D eigenvalue weighted by molar-refractivity contribution is 8.14. The Kier molecular flexibility index (Phi) is 9.59. The van der Waals surface area contributed by atoms with E-state index in [0.29, 0.717) is 57.2 Å². The molecule has 186 valence electrons. The van der Waals surface area contributed by atoms with E-state index in [4.69, 9.17) is 25.8 Å². The summed E-state index contributed by atoms with van der Waals surface area (Å²) >= 11 is 7.26. The van der Waals surface area contributed by atoms with Gasteiger partial charge in [-0.3, -0.25) is 14.8 Å². The largest absolute Gasteiger partial charge is 0.506 e. The van der Waals surface area contributed by atoms with Gasteiger partial charge in [0.25, 0.3) is 5.56 Å². The van der Waals surface area contributed by atoms with Crippen LogP contribution < -0.4 is 15.0 Å². The van der Waals surface area contributed by atoms with Crippen molar-refractivity contribution in [3.8, 4) is 28.4 Å². The Morgan fingerprint density at radius 1 is 1.17 bits per heavy atom. The fourth-order valence-corrected chi connectivity index (χ4v) is 4.65. The van der Waals surface area contributed by atoms with Crippen LogP contribution in [-0.4, -0.2) is 53.7 Å². The molecular weight excluding hydrogens is 490 g/mol. The van der Waals surface area contributed by atoms with Crippen molar-refractivity contribution in [2.45, 2.75) is 20.0 Å². The Morgan fingerprint density at radius 2 is 1.89 bits per heavy atom. The minimum atomic E-state index is -0.465. The second-order valence-corrected chi connectivity index (χ2v) is 8.82. The van der Waals surface area contributed by atoms with Gasteiger partial charge in [0.2, 0.25) is 0 Å². The highest BCUT2D eigenvalue weighted by Crippen LogP contribution is 2.45. The molecule has 8 nitrogen and oxygen atoms in total. The number of rotatable bonds is 10. The lowest BCUT2D eigenvalue weighted by Crippen LogP contribution is -2.21. The summed E-state index contributed by atoms with van der Waals surface area (Å²) in [5.74, 6) is 1.33. The molecule has 0 aliphatic carbocycles. The van der Waals surface area contributed by atoms with E-state index < -0.39 is 5.56 Å². The van der Waals surface area contributed by atoms with Crippen molar-refractivity contribution in [1.82, 2.24) is 9.97 Å². The van der Waals surface area contributed by atoms with E-state index in [1.54, 1.807) is 37.5 Å². The topological polar surface area (TPSA) is 106 Å². The van der Waals surface area contributed by atoms with Crippen LogP contribution in [0.25, 0.3) is 11.1 Å². The highest BCUT2D eigenvalue weighted by Gasteiger charge is 2.26. The van der Waals surface area contributed by atoms with Crippen molar-refractivity contribution < 1.29 is 19.3 Å². The third-order valence-electron chi connectivity index (χ3n) is 5.20. The van der Waals surface area contributed by atoms with E-state index in [9.17, 15) is 9.90 Å². The van der Waals surface area contributed by atoms with E-state index in [2.05, 4.69) is 15.0 Å². The number of hydrogen-bond donors (Lipinski definition) is 2. The molecule has 35 heavy (non-hydrogen) atoms. The van der Waals surface area contributed by atoms with Crippen molar-refractivity contribution in [2.75, 3.05) is 33.6 Å². The van der Waals surface area contributed by atoms with Crippen LogP contribution in [0.5, 0.6) is 17.2 Å². The van der Waals surface area contributed by atoms with E-state index in [1.165, 1.54) is 26.0 Å². The zero-order valence-electron chi connectivity index (χ0n) is 20.1. The summed E-state index contributed by atoms with van der Waals surface area (Å²) in [4.78, 5) is 24.6. The molecule has 2 N–H and O–H groups in total. The maximum atomic E-state index is 13.1. The molecule has 3 rings (SSSR count). The van der Waals surface area contributed by atoms with E-state index >= 15 is 0 Å². The molecule has 0 amide bonds. The number of pyridine rings is 2. The van der Waals surface area contributed by atoms with Crippen LogP contribution in [0.1, 0.15) is 23.9 Å². The number of aromatic nitrogens is 2. The normalized spacial score (nSPS) is 11.5. The van der Waals surface area contributed by atoms with Crippen LogP contribution in [0.15, 0.2) is 46.3 Å². The highest BCUT2D eigenvalue weighted by atomic mass is 35.5. The van der Waals surface area contributed by atoms with Gasteiger partial charge >= 0.3 is 0 Å². The molecule has 0 bridgehead atoms. The number of ether oxygens (including phenoxy) is 3. The predicted molar refractivity (Wildman–Crippen MR) is 140 cm³/mol. The summed E-state index contributed by atoms with van der Waals surface area (Å²) in [7, 11) is 4.65. The van der Waals surface area contributed by atoms with Crippen LogP contribution >= 0.6 is 23.4 Å². The number of methoxy groups -OCH3 is 2. The number of aromatic amines is 1. The molecule has 1 aromatic carbocycles. The third kappa shape index (κ3) is 6.17. The monoisotopic (exact) mass is 517 g/mol. The zero-order chi connectivity index (χ0) is 25.4. The summed E-state index contributed by atoms with van der Waals surface area (Å²) in [6.07, 6.45) is 2.23. The minimum Gasteiger partial charge on any atom is -0.506 e. The molecule has 0 aliphatic heterocycles. The van der Waals surface area contributed by atoms with Crippen LogP contribution in [0.3, 0.4) is 0 Å². The standard InChI is InChI=1S/C25H28ClN3O5S/c1-5-34-14-17-20(21-18(32-3)7-6-8-19(21)33-4)23(30)22(24(31)29-17)25(27-2)35-12-11-16-10-9-15(26)13-28-16/h6-10,13H,5,11-12,14H2,1-4H3,(H2,29,30,31). The lowest BCUT2D eigenvalue weighted by Gasteiger charge is -2.19. The Balaban J connectivity index is 2.07. The summed E-state index contributed by atoms with van der Waals surface area (Å²) < 4.78 is 16.7. The van der Waals surface area contributed by atoms with Gasteiger partial charge in [-0.25, -0.2) is 0 Å². The van der Waals surface area contributed by atoms with Gasteiger partial charge in [0.15, 0.2) is 0 Å². The molecule has 0 atom stereocenters.